The minimum absolute atomic E-state index is 0.0906. The number of aliphatic imine (C=N–C) groups is 1. The summed E-state index contributed by atoms with van der Waals surface area (Å²) < 4.78 is 0. The maximum Gasteiger partial charge on any atom is 0.269 e. The molecule has 0 atom stereocenters. The average Bonchev–Trinajstić information content (AvgIpc) is 2.42. The molecule has 0 aliphatic rings. The van der Waals surface area contributed by atoms with E-state index in [2.05, 4.69) is 23.8 Å². The molecule has 4 heteroatoms. The molecule has 0 saturated heterocycles. The van der Waals surface area contributed by atoms with Crippen molar-refractivity contribution >= 4 is 11.9 Å². The fourth-order valence-corrected chi connectivity index (χ4v) is 1.49. The van der Waals surface area contributed by atoms with E-state index in [1.54, 1.807) is 18.3 Å². The third-order valence-electron chi connectivity index (χ3n) is 2.54. The van der Waals surface area contributed by atoms with Crippen LogP contribution in [0.5, 0.6) is 0 Å². The highest BCUT2D eigenvalue weighted by Gasteiger charge is 2.01. The van der Waals surface area contributed by atoms with Crippen LogP contribution in [0.4, 0.5) is 5.69 Å². The van der Waals surface area contributed by atoms with Gasteiger partial charge < -0.3 is 0 Å². The molecule has 1 rings (SSSR count). The molecule has 1 aromatic carbocycles. The lowest BCUT2D eigenvalue weighted by Gasteiger charge is -1.92. The van der Waals surface area contributed by atoms with Crippen molar-refractivity contribution in [2.75, 3.05) is 6.54 Å². The van der Waals surface area contributed by atoms with Gasteiger partial charge in [-0.05, 0) is 24.1 Å². The summed E-state index contributed by atoms with van der Waals surface area (Å²) in [4.78, 5) is 14.2. The molecule has 0 fully saturated rings. The van der Waals surface area contributed by atoms with E-state index in [4.69, 9.17) is 0 Å². The molecule has 0 radical (unpaired) electrons. The van der Waals surface area contributed by atoms with Gasteiger partial charge in [0.2, 0.25) is 0 Å². The second kappa shape index (κ2) is 8.87. The Morgan fingerprint density at radius 2 is 2.00 bits per heavy atom. The molecule has 4 nitrogen and oxygen atoms in total. The largest absolute Gasteiger partial charge is 0.280 e. The maximum atomic E-state index is 10.5. The zero-order valence-corrected chi connectivity index (χ0v) is 11.1. The van der Waals surface area contributed by atoms with Crippen LogP contribution in [-0.2, 0) is 0 Å². The van der Waals surface area contributed by atoms with Gasteiger partial charge in [0.25, 0.3) is 5.69 Å². The van der Waals surface area contributed by atoms with Crippen molar-refractivity contribution < 1.29 is 4.92 Å². The highest BCUT2D eigenvalue weighted by atomic mass is 16.6. The second-order valence-corrected chi connectivity index (χ2v) is 4.13. The second-order valence-electron chi connectivity index (χ2n) is 4.13. The molecule has 19 heavy (non-hydrogen) atoms. The van der Waals surface area contributed by atoms with E-state index in [0.29, 0.717) is 6.54 Å². The molecule has 0 unspecified atom stereocenters. The normalized spacial score (nSPS) is 10.2. The van der Waals surface area contributed by atoms with Crippen LogP contribution in [0.15, 0.2) is 29.3 Å². The summed E-state index contributed by atoms with van der Waals surface area (Å²) in [6, 6.07) is 6.29. The number of non-ortho nitro benzene ring substituents is 1. The van der Waals surface area contributed by atoms with Gasteiger partial charge in [-0.3, -0.25) is 15.1 Å². The van der Waals surface area contributed by atoms with Crippen molar-refractivity contribution in [1.29, 1.82) is 0 Å². The highest BCUT2D eigenvalue weighted by Crippen LogP contribution is 2.10. The quantitative estimate of drug-likeness (QED) is 0.257. The van der Waals surface area contributed by atoms with Crippen LogP contribution in [0.25, 0.3) is 0 Å². The minimum atomic E-state index is -0.414. The molecule has 0 aromatic heterocycles. The summed E-state index contributed by atoms with van der Waals surface area (Å²) in [6.45, 7) is 2.64. The van der Waals surface area contributed by atoms with Gasteiger partial charge in [-0.15, -0.1) is 5.92 Å². The Hall–Kier alpha value is -2.15. The van der Waals surface area contributed by atoms with Gasteiger partial charge in [-0.2, -0.15) is 0 Å². The van der Waals surface area contributed by atoms with E-state index < -0.39 is 4.92 Å². The highest BCUT2D eigenvalue weighted by molar-refractivity contribution is 5.80. The third-order valence-corrected chi connectivity index (χ3v) is 2.54. The average molecular weight is 258 g/mol. The van der Waals surface area contributed by atoms with Crippen molar-refractivity contribution in [2.45, 2.75) is 32.6 Å². The zero-order chi connectivity index (χ0) is 13.9. The fraction of sp³-hybridized carbons (Fsp3) is 0.400. The predicted octanol–water partition coefficient (Wildman–Crippen LogP) is 3.60. The molecule has 1 aromatic rings. The van der Waals surface area contributed by atoms with Gasteiger partial charge in [0, 0.05) is 24.8 Å². The van der Waals surface area contributed by atoms with Crippen molar-refractivity contribution in [1.82, 2.24) is 0 Å². The van der Waals surface area contributed by atoms with Crippen LogP contribution < -0.4 is 0 Å². The summed E-state index contributed by atoms with van der Waals surface area (Å²) in [5.41, 5.74) is 0.936. The molecule has 0 amide bonds. The van der Waals surface area contributed by atoms with E-state index in [-0.39, 0.29) is 5.69 Å². The fourth-order valence-electron chi connectivity index (χ4n) is 1.49. The van der Waals surface area contributed by atoms with Gasteiger partial charge in [0.15, 0.2) is 0 Å². The van der Waals surface area contributed by atoms with Crippen LogP contribution in [0.3, 0.4) is 0 Å². The van der Waals surface area contributed by atoms with Crippen LogP contribution in [0.2, 0.25) is 0 Å². The summed E-state index contributed by atoms with van der Waals surface area (Å²) >= 11 is 0. The molecule has 0 saturated carbocycles. The van der Waals surface area contributed by atoms with Gasteiger partial charge in [0.05, 0.1) is 11.5 Å². The lowest BCUT2D eigenvalue weighted by Crippen LogP contribution is -1.88. The molecule has 100 valence electrons. The number of unbranched alkanes of at least 4 members (excludes halogenated alkanes) is 3. The van der Waals surface area contributed by atoms with Crippen LogP contribution in [-0.4, -0.2) is 17.7 Å². The molecule has 0 N–H and O–H groups in total. The number of hydrogen-bond acceptors (Lipinski definition) is 3. The van der Waals surface area contributed by atoms with Crippen LogP contribution in [0.1, 0.15) is 38.2 Å². The lowest BCUT2D eigenvalue weighted by molar-refractivity contribution is -0.384. The Kier molecular flexibility index (Phi) is 6.96. The van der Waals surface area contributed by atoms with Crippen molar-refractivity contribution in [3.63, 3.8) is 0 Å². The molecule has 0 aliphatic carbocycles. The number of nitro benzene ring substituents is 1. The molecule has 0 heterocycles. The van der Waals surface area contributed by atoms with Gasteiger partial charge in [-0.25, -0.2) is 0 Å². The van der Waals surface area contributed by atoms with E-state index >= 15 is 0 Å². The van der Waals surface area contributed by atoms with Gasteiger partial charge >= 0.3 is 0 Å². The Balaban J connectivity index is 2.34. The summed E-state index contributed by atoms with van der Waals surface area (Å²) in [5.74, 6) is 6.07. The maximum absolute atomic E-state index is 10.5. The molecular formula is C15H18N2O2. The van der Waals surface area contributed by atoms with E-state index in [9.17, 15) is 10.1 Å². The standard InChI is InChI=1S/C15H18N2O2/c1-2-3-4-5-6-7-12-16-13-14-8-10-15(11-9-14)17(18)19/h8-11,13H,2-5,12H2,1H3. The third kappa shape index (κ3) is 6.37. The topological polar surface area (TPSA) is 55.5 Å². The molecular weight excluding hydrogens is 240 g/mol. The van der Waals surface area contributed by atoms with Crippen LogP contribution in [0, 0.1) is 22.0 Å². The smallest absolute Gasteiger partial charge is 0.269 e. The first-order valence-corrected chi connectivity index (χ1v) is 6.44. The van der Waals surface area contributed by atoms with E-state index in [1.165, 1.54) is 25.0 Å². The SMILES string of the molecule is CCCCCC#CCN=Cc1ccc([N+](=O)[O-])cc1. The molecule has 0 spiro atoms. The molecule has 0 aliphatic heterocycles. The Morgan fingerprint density at radius 3 is 2.63 bits per heavy atom. The first-order valence-electron chi connectivity index (χ1n) is 6.44. The van der Waals surface area contributed by atoms with Crippen molar-refractivity contribution in [3.05, 3.63) is 39.9 Å². The van der Waals surface area contributed by atoms with Gasteiger partial charge in [-0.1, -0.05) is 25.7 Å². The monoisotopic (exact) mass is 258 g/mol. The number of rotatable bonds is 6. The van der Waals surface area contributed by atoms with E-state index in [1.807, 2.05) is 0 Å². The molecule has 0 bridgehead atoms. The summed E-state index contributed by atoms with van der Waals surface area (Å²) in [7, 11) is 0. The summed E-state index contributed by atoms with van der Waals surface area (Å²) in [6.07, 6.45) is 6.20. The van der Waals surface area contributed by atoms with Crippen LogP contribution >= 0.6 is 0 Å². The number of nitrogens with zero attached hydrogens (tertiary/aromatic N) is 2. The number of benzene rings is 1. The Labute approximate surface area is 113 Å². The number of hydrogen-bond donors (Lipinski definition) is 0. The first kappa shape index (κ1) is 14.9. The van der Waals surface area contributed by atoms with Gasteiger partial charge in [0.1, 0.15) is 0 Å². The number of nitro groups is 1. The predicted molar refractivity (Wildman–Crippen MR) is 77.5 cm³/mol. The Bertz CT molecular complexity index is 481. The summed E-state index contributed by atoms with van der Waals surface area (Å²) in [5, 5.41) is 10.5. The lowest BCUT2D eigenvalue weighted by atomic mass is 10.2. The van der Waals surface area contributed by atoms with Crippen molar-refractivity contribution in [3.8, 4) is 11.8 Å². The van der Waals surface area contributed by atoms with E-state index in [0.717, 1.165) is 18.4 Å². The zero-order valence-electron chi connectivity index (χ0n) is 11.1. The minimum Gasteiger partial charge on any atom is -0.280 e. The van der Waals surface area contributed by atoms with Crippen molar-refractivity contribution in [2.24, 2.45) is 4.99 Å². The first-order chi connectivity index (χ1) is 9.24. The Morgan fingerprint density at radius 1 is 1.26 bits per heavy atom.